The minimum Gasteiger partial charge on any atom is -0.383 e. The average Bonchev–Trinajstić information content (AvgIpc) is 2.13. The summed E-state index contributed by atoms with van der Waals surface area (Å²) in [6.07, 6.45) is 1.30. The highest BCUT2D eigenvalue weighted by Crippen LogP contribution is 2.20. The van der Waals surface area contributed by atoms with Crippen molar-refractivity contribution in [3.05, 3.63) is 0 Å². The van der Waals surface area contributed by atoms with Gasteiger partial charge in [0.05, 0.1) is 6.61 Å². The minimum atomic E-state index is 0.667. The molecule has 2 nitrogen and oxygen atoms in total. The van der Waals surface area contributed by atoms with Gasteiger partial charge in [0, 0.05) is 19.7 Å². The van der Waals surface area contributed by atoms with Gasteiger partial charge in [-0.05, 0) is 19.4 Å². The van der Waals surface area contributed by atoms with Crippen LogP contribution in [0.25, 0.3) is 0 Å². The molecule has 0 aromatic rings. The first-order chi connectivity index (χ1) is 4.74. The number of likely N-dealkylation sites (tertiary alicyclic amines) is 1. The molecule has 0 aliphatic carbocycles. The van der Waals surface area contributed by atoms with Crippen molar-refractivity contribution in [1.29, 1.82) is 0 Å². The molecule has 0 aromatic carbocycles. The lowest BCUT2D eigenvalue weighted by Crippen LogP contribution is -2.28. The zero-order valence-electron chi connectivity index (χ0n) is 7.13. The molecule has 0 aromatic heterocycles. The molecule has 2 heteroatoms. The molecule has 1 heterocycles. The van der Waals surface area contributed by atoms with E-state index in [1.54, 1.807) is 7.11 Å². The zero-order valence-corrected chi connectivity index (χ0v) is 7.13. The Morgan fingerprint density at radius 2 is 2.30 bits per heavy atom. The molecule has 0 N–H and O–H groups in total. The number of rotatable bonds is 2. The van der Waals surface area contributed by atoms with E-state index in [0.717, 1.165) is 12.5 Å². The molecule has 1 aliphatic rings. The second-order valence-electron chi connectivity index (χ2n) is 3.39. The van der Waals surface area contributed by atoms with Crippen LogP contribution < -0.4 is 0 Å². The van der Waals surface area contributed by atoms with Gasteiger partial charge in [0.25, 0.3) is 0 Å². The molecule has 1 aliphatic heterocycles. The van der Waals surface area contributed by atoms with E-state index in [9.17, 15) is 0 Å². The van der Waals surface area contributed by atoms with Gasteiger partial charge in [-0.1, -0.05) is 6.92 Å². The number of methoxy groups -OCH3 is 1. The molecule has 2 unspecified atom stereocenters. The van der Waals surface area contributed by atoms with Crippen LogP contribution in [0.3, 0.4) is 0 Å². The average molecular weight is 143 g/mol. The SMILES string of the molecule is COCC1CC(C)CN1C. The number of ether oxygens (including phenoxy) is 1. The number of hydrogen-bond donors (Lipinski definition) is 0. The smallest absolute Gasteiger partial charge is 0.0618 e. The van der Waals surface area contributed by atoms with Crippen molar-refractivity contribution in [2.75, 3.05) is 27.3 Å². The van der Waals surface area contributed by atoms with Gasteiger partial charge in [0.15, 0.2) is 0 Å². The second-order valence-corrected chi connectivity index (χ2v) is 3.39. The summed E-state index contributed by atoms with van der Waals surface area (Å²) in [5, 5.41) is 0. The van der Waals surface area contributed by atoms with Gasteiger partial charge < -0.3 is 9.64 Å². The summed E-state index contributed by atoms with van der Waals surface area (Å²) in [5.74, 6) is 0.852. The van der Waals surface area contributed by atoms with Gasteiger partial charge >= 0.3 is 0 Å². The molecule has 60 valence electrons. The number of hydrogen-bond acceptors (Lipinski definition) is 2. The van der Waals surface area contributed by atoms with Crippen molar-refractivity contribution in [2.45, 2.75) is 19.4 Å². The molecule has 0 saturated carbocycles. The van der Waals surface area contributed by atoms with E-state index in [-0.39, 0.29) is 0 Å². The van der Waals surface area contributed by atoms with E-state index in [4.69, 9.17) is 4.74 Å². The third-order valence-corrected chi connectivity index (χ3v) is 2.26. The molecule has 0 radical (unpaired) electrons. The molecular weight excluding hydrogens is 126 g/mol. The normalized spacial score (nSPS) is 35.1. The van der Waals surface area contributed by atoms with Crippen molar-refractivity contribution in [3.8, 4) is 0 Å². The van der Waals surface area contributed by atoms with Crippen molar-refractivity contribution < 1.29 is 4.74 Å². The predicted molar refractivity (Wildman–Crippen MR) is 42.1 cm³/mol. The van der Waals surface area contributed by atoms with Crippen molar-refractivity contribution in [3.63, 3.8) is 0 Å². The fourth-order valence-electron chi connectivity index (χ4n) is 1.75. The van der Waals surface area contributed by atoms with E-state index < -0.39 is 0 Å². The molecule has 2 atom stereocenters. The van der Waals surface area contributed by atoms with E-state index >= 15 is 0 Å². The van der Waals surface area contributed by atoms with Crippen molar-refractivity contribution >= 4 is 0 Å². The molecule has 1 rings (SSSR count). The van der Waals surface area contributed by atoms with Crippen LogP contribution in [0.5, 0.6) is 0 Å². The van der Waals surface area contributed by atoms with Crippen LogP contribution >= 0.6 is 0 Å². The first kappa shape index (κ1) is 8.02. The molecule has 0 bridgehead atoms. The van der Waals surface area contributed by atoms with Crippen molar-refractivity contribution in [1.82, 2.24) is 4.90 Å². The highest BCUT2D eigenvalue weighted by molar-refractivity contribution is 4.80. The molecule has 1 fully saturated rings. The topological polar surface area (TPSA) is 12.5 Å². The summed E-state index contributed by atoms with van der Waals surface area (Å²) in [7, 11) is 3.95. The third-order valence-electron chi connectivity index (χ3n) is 2.26. The molecular formula is C8H17NO. The molecule has 10 heavy (non-hydrogen) atoms. The second kappa shape index (κ2) is 3.35. The monoisotopic (exact) mass is 143 g/mol. The van der Waals surface area contributed by atoms with Gasteiger partial charge in [-0.3, -0.25) is 0 Å². The maximum Gasteiger partial charge on any atom is 0.0618 e. The summed E-state index contributed by atoms with van der Waals surface area (Å²) in [6.45, 7) is 4.42. The maximum atomic E-state index is 5.10. The minimum absolute atomic E-state index is 0.667. The summed E-state index contributed by atoms with van der Waals surface area (Å²) in [4.78, 5) is 2.38. The van der Waals surface area contributed by atoms with Gasteiger partial charge in [-0.15, -0.1) is 0 Å². The lowest BCUT2D eigenvalue weighted by molar-refractivity contribution is 0.129. The van der Waals surface area contributed by atoms with E-state index in [0.29, 0.717) is 6.04 Å². The van der Waals surface area contributed by atoms with Gasteiger partial charge in [-0.2, -0.15) is 0 Å². The zero-order chi connectivity index (χ0) is 7.56. The summed E-state index contributed by atoms with van der Waals surface area (Å²) in [6, 6.07) is 0.667. The van der Waals surface area contributed by atoms with E-state index in [2.05, 4.69) is 18.9 Å². The summed E-state index contributed by atoms with van der Waals surface area (Å²) in [5.41, 5.74) is 0. The fourth-order valence-corrected chi connectivity index (χ4v) is 1.75. The molecule has 0 amide bonds. The Hall–Kier alpha value is -0.0800. The number of likely N-dealkylation sites (N-methyl/N-ethyl adjacent to an activating group) is 1. The lowest BCUT2D eigenvalue weighted by Gasteiger charge is -2.17. The fraction of sp³-hybridized carbons (Fsp3) is 1.00. The van der Waals surface area contributed by atoms with E-state index in [1.807, 2.05) is 0 Å². The predicted octanol–water partition coefficient (Wildman–Crippen LogP) is 0.973. The first-order valence-corrected chi connectivity index (χ1v) is 3.93. The summed E-state index contributed by atoms with van der Waals surface area (Å²) < 4.78 is 5.10. The van der Waals surface area contributed by atoms with Crippen LogP contribution in [-0.2, 0) is 4.74 Å². The highest BCUT2D eigenvalue weighted by atomic mass is 16.5. The van der Waals surface area contributed by atoms with Gasteiger partial charge in [0.2, 0.25) is 0 Å². The lowest BCUT2D eigenvalue weighted by atomic mass is 10.1. The number of nitrogens with zero attached hydrogens (tertiary/aromatic N) is 1. The Balaban J connectivity index is 2.31. The Labute approximate surface area is 63.2 Å². The Morgan fingerprint density at radius 1 is 1.60 bits per heavy atom. The van der Waals surface area contributed by atoms with Crippen LogP contribution in [0.1, 0.15) is 13.3 Å². The standard InChI is InChI=1S/C8H17NO/c1-7-4-8(6-10-3)9(2)5-7/h7-8H,4-6H2,1-3H3. The molecule has 1 saturated heterocycles. The van der Waals surface area contributed by atoms with Gasteiger partial charge in [-0.25, -0.2) is 0 Å². The van der Waals surface area contributed by atoms with Crippen LogP contribution in [0.15, 0.2) is 0 Å². The van der Waals surface area contributed by atoms with Crippen molar-refractivity contribution in [2.24, 2.45) is 5.92 Å². The Kier molecular flexibility index (Phi) is 2.69. The molecule has 0 spiro atoms. The Morgan fingerprint density at radius 3 is 2.70 bits per heavy atom. The van der Waals surface area contributed by atoms with E-state index in [1.165, 1.54) is 13.0 Å². The van der Waals surface area contributed by atoms with Crippen LogP contribution in [-0.4, -0.2) is 38.3 Å². The quantitative estimate of drug-likeness (QED) is 0.571. The highest BCUT2D eigenvalue weighted by Gasteiger charge is 2.25. The largest absolute Gasteiger partial charge is 0.383 e. The first-order valence-electron chi connectivity index (χ1n) is 3.93. The Bertz CT molecular complexity index is 105. The van der Waals surface area contributed by atoms with Crippen LogP contribution in [0.4, 0.5) is 0 Å². The van der Waals surface area contributed by atoms with Gasteiger partial charge in [0.1, 0.15) is 0 Å². The summed E-state index contributed by atoms with van der Waals surface area (Å²) >= 11 is 0. The maximum absolute atomic E-state index is 5.10. The van der Waals surface area contributed by atoms with Crippen LogP contribution in [0, 0.1) is 5.92 Å². The third kappa shape index (κ3) is 1.70. The van der Waals surface area contributed by atoms with Crippen LogP contribution in [0.2, 0.25) is 0 Å².